The third kappa shape index (κ3) is 2.82. The third-order valence-corrected chi connectivity index (χ3v) is 4.58. The molecule has 1 saturated heterocycles. The number of carboxylic acids is 1. The number of aryl methyl sites for hydroxylation is 1. The maximum Gasteiger partial charge on any atom is 0.325 e. The summed E-state index contributed by atoms with van der Waals surface area (Å²) in [4.78, 5) is 30.4. The van der Waals surface area contributed by atoms with Crippen LogP contribution in [-0.2, 0) is 9.59 Å². The van der Waals surface area contributed by atoms with Gasteiger partial charge in [0.2, 0.25) is 5.91 Å². The molecule has 6 heteroatoms. The van der Waals surface area contributed by atoms with Gasteiger partial charge in [-0.25, -0.2) is 0 Å². The topological polar surface area (TPSA) is 76.6 Å². The van der Waals surface area contributed by atoms with Gasteiger partial charge >= 0.3 is 5.97 Å². The third-order valence-electron chi connectivity index (χ3n) is 4.58. The van der Waals surface area contributed by atoms with Crippen molar-refractivity contribution in [3.05, 3.63) is 35.5 Å². The fraction of sp³-hybridized carbons (Fsp3) is 0.412. The monoisotopic (exact) mass is 315 g/mol. The highest BCUT2D eigenvalue weighted by molar-refractivity contribution is 5.90. The summed E-state index contributed by atoms with van der Waals surface area (Å²) in [7, 11) is 0. The van der Waals surface area contributed by atoms with E-state index in [1.54, 1.807) is 11.8 Å². The maximum atomic E-state index is 12.0. The molecule has 1 atom stereocenters. The van der Waals surface area contributed by atoms with Crippen molar-refractivity contribution in [2.45, 2.75) is 19.9 Å². The molecule has 1 aromatic heterocycles. The Balaban J connectivity index is 1.95. The molecule has 2 heterocycles. The maximum absolute atomic E-state index is 12.0. The molecule has 1 aromatic carbocycles. The van der Waals surface area contributed by atoms with E-state index in [0.29, 0.717) is 26.2 Å². The van der Waals surface area contributed by atoms with E-state index in [2.05, 4.69) is 4.98 Å². The van der Waals surface area contributed by atoms with Crippen molar-refractivity contribution >= 4 is 22.8 Å². The number of benzene rings is 1. The first-order valence-electron chi connectivity index (χ1n) is 7.78. The van der Waals surface area contributed by atoms with Crippen molar-refractivity contribution < 1.29 is 14.7 Å². The SMILES string of the molecule is CC(=O)N1CCN([C@H](C(=O)O)c2c(C)[nH]c3ccccc23)CC1. The Labute approximate surface area is 134 Å². The Hall–Kier alpha value is -2.34. The normalized spacial score (nSPS) is 17.4. The summed E-state index contributed by atoms with van der Waals surface area (Å²) in [6, 6.07) is 7.07. The number of aliphatic carboxylic acids is 1. The number of nitrogens with zero attached hydrogens (tertiary/aromatic N) is 2. The summed E-state index contributed by atoms with van der Waals surface area (Å²) in [6.07, 6.45) is 0. The zero-order valence-corrected chi connectivity index (χ0v) is 13.4. The predicted octanol–water partition coefficient (Wildman–Crippen LogP) is 1.77. The molecule has 0 spiro atoms. The number of H-pyrrole nitrogens is 1. The number of aromatic amines is 1. The number of carbonyl (C=O) groups excluding carboxylic acids is 1. The summed E-state index contributed by atoms with van der Waals surface area (Å²) < 4.78 is 0. The second-order valence-corrected chi connectivity index (χ2v) is 5.99. The molecule has 1 aliphatic heterocycles. The van der Waals surface area contributed by atoms with Crippen molar-refractivity contribution in [2.24, 2.45) is 0 Å². The highest BCUT2D eigenvalue weighted by Crippen LogP contribution is 2.32. The van der Waals surface area contributed by atoms with Gasteiger partial charge in [0.05, 0.1) is 0 Å². The number of hydrogen-bond acceptors (Lipinski definition) is 3. The van der Waals surface area contributed by atoms with Crippen LogP contribution < -0.4 is 0 Å². The van der Waals surface area contributed by atoms with Crippen molar-refractivity contribution in [3.63, 3.8) is 0 Å². The van der Waals surface area contributed by atoms with E-state index >= 15 is 0 Å². The number of fused-ring (bicyclic) bond motifs is 1. The van der Waals surface area contributed by atoms with E-state index in [-0.39, 0.29) is 5.91 Å². The Bertz CT molecular complexity index is 745. The average Bonchev–Trinajstić information content (AvgIpc) is 2.84. The molecule has 122 valence electrons. The van der Waals surface area contributed by atoms with Crippen LogP contribution in [0.25, 0.3) is 10.9 Å². The molecular formula is C17H21N3O3. The largest absolute Gasteiger partial charge is 0.480 e. The molecule has 1 amide bonds. The van der Waals surface area contributed by atoms with Crippen molar-refractivity contribution in [3.8, 4) is 0 Å². The van der Waals surface area contributed by atoms with Gasteiger partial charge in [0.25, 0.3) is 0 Å². The molecule has 0 bridgehead atoms. The van der Waals surface area contributed by atoms with Gasteiger partial charge in [-0.05, 0) is 13.0 Å². The minimum absolute atomic E-state index is 0.0415. The number of nitrogens with one attached hydrogen (secondary N) is 1. The molecule has 1 aliphatic rings. The number of rotatable bonds is 3. The minimum atomic E-state index is -0.853. The molecule has 6 nitrogen and oxygen atoms in total. The first-order valence-corrected chi connectivity index (χ1v) is 7.78. The van der Waals surface area contributed by atoms with Crippen LogP contribution >= 0.6 is 0 Å². The molecule has 2 N–H and O–H groups in total. The fourth-order valence-corrected chi connectivity index (χ4v) is 3.41. The summed E-state index contributed by atoms with van der Waals surface area (Å²) in [5.41, 5.74) is 2.66. The van der Waals surface area contributed by atoms with E-state index in [9.17, 15) is 14.7 Å². The van der Waals surface area contributed by atoms with Crippen LogP contribution in [0.3, 0.4) is 0 Å². The van der Waals surface area contributed by atoms with Crippen LogP contribution in [-0.4, -0.2) is 57.9 Å². The smallest absolute Gasteiger partial charge is 0.325 e. The van der Waals surface area contributed by atoms with Gasteiger partial charge < -0.3 is 15.0 Å². The van der Waals surface area contributed by atoms with Crippen molar-refractivity contribution in [2.75, 3.05) is 26.2 Å². The highest BCUT2D eigenvalue weighted by Gasteiger charge is 2.33. The molecular weight excluding hydrogens is 294 g/mol. The molecule has 2 aromatic rings. The molecule has 0 unspecified atom stereocenters. The Kier molecular flexibility index (Phi) is 4.09. The molecule has 0 aliphatic carbocycles. The lowest BCUT2D eigenvalue weighted by Gasteiger charge is -2.37. The van der Waals surface area contributed by atoms with Crippen LogP contribution in [0.1, 0.15) is 24.2 Å². The molecule has 0 saturated carbocycles. The second-order valence-electron chi connectivity index (χ2n) is 5.99. The lowest BCUT2D eigenvalue weighted by molar-refractivity contribution is -0.145. The molecule has 23 heavy (non-hydrogen) atoms. The lowest BCUT2D eigenvalue weighted by atomic mass is 10.0. The zero-order valence-electron chi connectivity index (χ0n) is 13.4. The standard InChI is InChI=1S/C17H21N3O3/c1-11-15(13-5-3-4-6-14(13)18-11)16(17(22)23)20-9-7-19(8-10-20)12(2)21/h3-6,16,18H,7-10H2,1-2H3,(H,22,23)/t16-/m0/s1. The van der Waals surface area contributed by atoms with Crippen LogP contribution in [0, 0.1) is 6.92 Å². The average molecular weight is 315 g/mol. The highest BCUT2D eigenvalue weighted by atomic mass is 16.4. The van der Waals surface area contributed by atoms with Crippen LogP contribution in [0.2, 0.25) is 0 Å². The van der Waals surface area contributed by atoms with Gasteiger partial charge in [-0.3, -0.25) is 14.5 Å². The number of para-hydroxylation sites is 1. The second kappa shape index (κ2) is 6.04. The van der Waals surface area contributed by atoms with Crippen LogP contribution in [0.4, 0.5) is 0 Å². The first-order chi connectivity index (χ1) is 11.0. The Morgan fingerprint density at radius 1 is 1.17 bits per heavy atom. The van der Waals surface area contributed by atoms with Crippen LogP contribution in [0.15, 0.2) is 24.3 Å². The number of hydrogen-bond donors (Lipinski definition) is 2. The predicted molar refractivity (Wildman–Crippen MR) is 87.2 cm³/mol. The quantitative estimate of drug-likeness (QED) is 0.905. The summed E-state index contributed by atoms with van der Waals surface area (Å²) >= 11 is 0. The van der Waals surface area contributed by atoms with E-state index in [4.69, 9.17) is 0 Å². The van der Waals surface area contributed by atoms with Crippen LogP contribution in [0.5, 0.6) is 0 Å². The number of amides is 1. The minimum Gasteiger partial charge on any atom is -0.480 e. The number of carboxylic acid groups (broad SMARTS) is 1. The van der Waals surface area contributed by atoms with E-state index in [1.807, 2.05) is 36.1 Å². The van der Waals surface area contributed by atoms with E-state index in [0.717, 1.165) is 22.2 Å². The van der Waals surface area contributed by atoms with Gasteiger partial charge in [0.15, 0.2) is 0 Å². The number of aromatic nitrogens is 1. The Morgan fingerprint density at radius 3 is 2.43 bits per heavy atom. The Morgan fingerprint density at radius 2 is 1.83 bits per heavy atom. The molecule has 1 fully saturated rings. The summed E-state index contributed by atoms with van der Waals surface area (Å²) in [5, 5.41) is 10.8. The molecule has 0 radical (unpaired) electrons. The fourth-order valence-electron chi connectivity index (χ4n) is 3.41. The lowest BCUT2D eigenvalue weighted by Crippen LogP contribution is -2.50. The van der Waals surface area contributed by atoms with Gasteiger partial charge in [0.1, 0.15) is 6.04 Å². The van der Waals surface area contributed by atoms with Gasteiger partial charge in [-0.15, -0.1) is 0 Å². The molecule has 3 rings (SSSR count). The van der Waals surface area contributed by atoms with Gasteiger partial charge in [-0.2, -0.15) is 0 Å². The van der Waals surface area contributed by atoms with E-state index in [1.165, 1.54) is 0 Å². The number of carbonyl (C=O) groups is 2. The summed E-state index contributed by atoms with van der Waals surface area (Å²) in [5.74, 6) is -0.811. The van der Waals surface area contributed by atoms with Gasteiger partial charge in [-0.1, -0.05) is 18.2 Å². The van der Waals surface area contributed by atoms with Crippen molar-refractivity contribution in [1.82, 2.24) is 14.8 Å². The first kappa shape index (κ1) is 15.6. The summed E-state index contributed by atoms with van der Waals surface area (Å²) in [6.45, 7) is 5.73. The van der Waals surface area contributed by atoms with E-state index < -0.39 is 12.0 Å². The zero-order chi connectivity index (χ0) is 16.6. The number of piperazine rings is 1. The van der Waals surface area contributed by atoms with Crippen molar-refractivity contribution in [1.29, 1.82) is 0 Å². The van der Waals surface area contributed by atoms with Gasteiger partial charge in [0, 0.05) is 55.3 Å².